The van der Waals surface area contributed by atoms with E-state index in [4.69, 9.17) is 5.73 Å². The fourth-order valence-corrected chi connectivity index (χ4v) is 0.690. The lowest BCUT2D eigenvalue weighted by atomic mass is 10.3. The van der Waals surface area contributed by atoms with Crippen LogP contribution in [0.4, 0.5) is 10.2 Å². The number of nitrogens with one attached hydrogen (secondary N) is 1. The molecule has 0 saturated carbocycles. The number of rotatable bonds is 2. The minimum absolute atomic E-state index is 0.295. The third kappa shape index (κ3) is 2.79. The van der Waals surface area contributed by atoms with Gasteiger partial charge in [0.25, 0.3) is 0 Å². The second kappa shape index (κ2) is 3.95. The summed E-state index contributed by atoms with van der Waals surface area (Å²) in [5, 5.41) is 2.43. The summed E-state index contributed by atoms with van der Waals surface area (Å²) < 4.78 is 12.4. The number of aromatic nitrogens is 1. The lowest BCUT2D eigenvalue weighted by Gasteiger charge is -2.05. The minimum atomic E-state index is -0.605. The first-order chi connectivity index (χ1) is 6.09. The number of anilines is 1. The fraction of sp³-hybridized carbons (Fsp3) is 0.250. The molecule has 13 heavy (non-hydrogen) atoms. The van der Waals surface area contributed by atoms with Crippen LogP contribution in [0.3, 0.4) is 0 Å². The smallest absolute Gasteiger partial charge is 0.242 e. The van der Waals surface area contributed by atoms with Crippen LogP contribution in [0.5, 0.6) is 0 Å². The molecule has 70 valence electrons. The number of pyridine rings is 1. The Labute approximate surface area is 75.0 Å². The first kappa shape index (κ1) is 9.60. The molecular formula is C8H10FN3O. The highest BCUT2D eigenvalue weighted by Gasteiger charge is 2.07. The van der Waals surface area contributed by atoms with Crippen LogP contribution in [-0.4, -0.2) is 16.9 Å². The predicted molar refractivity (Wildman–Crippen MR) is 46.5 cm³/mol. The quantitative estimate of drug-likeness (QED) is 0.701. The molecule has 0 spiro atoms. The highest BCUT2D eigenvalue weighted by Crippen LogP contribution is 2.03. The van der Waals surface area contributed by atoms with Gasteiger partial charge < -0.3 is 11.1 Å². The molecule has 1 unspecified atom stereocenters. The molecule has 0 aromatic carbocycles. The van der Waals surface area contributed by atoms with Crippen molar-refractivity contribution in [3.63, 3.8) is 0 Å². The second-order valence-electron chi connectivity index (χ2n) is 2.64. The second-order valence-corrected chi connectivity index (χ2v) is 2.64. The number of hydrogen-bond acceptors (Lipinski definition) is 3. The zero-order valence-corrected chi connectivity index (χ0v) is 7.12. The zero-order valence-electron chi connectivity index (χ0n) is 7.12. The summed E-state index contributed by atoms with van der Waals surface area (Å²) in [6.07, 6.45) is 1.02. The van der Waals surface area contributed by atoms with Gasteiger partial charge >= 0.3 is 0 Å². The van der Waals surface area contributed by atoms with Crippen molar-refractivity contribution in [3.05, 3.63) is 24.1 Å². The van der Waals surface area contributed by atoms with Gasteiger partial charge in [-0.25, -0.2) is 9.37 Å². The number of carbonyl (C=O) groups is 1. The van der Waals surface area contributed by atoms with Crippen molar-refractivity contribution in [1.29, 1.82) is 0 Å². The van der Waals surface area contributed by atoms with Gasteiger partial charge in [-0.05, 0) is 19.1 Å². The predicted octanol–water partition coefficient (Wildman–Crippen LogP) is 0.506. The summed E-state index contributed by atoms with van der Waals surface area (Å²) in [5.74, 6) is -0.499. The Morgan fingerprint density at radius 1 is 1.69 bits per heavy atom. The Balaban J connectivity index is 2.65. The van der Waals surface area contributed by atoms with E-state index in [1.165, 1.54) is 12.1 Å². The molecular weight excluding hydrogens is 173 g/mol. The average Bonchev–Trinajstić information content (AvgIpc) is 2.08. The van der Waals surface area contributed by atoms with Crippen molar-refractivity contribution >= 4 is 11.7 Å². The normalized spacial score (nSPS) is 12.2. The van der Waals surface area contributed by atoms with Gasteiger partial charge in [0.05, 0.1) is 12.2 Å². The van der Waals surface area contributed by atoms with Gasteiger partial charge in [0.1, 0.15) is 11.6 Å². The molecule has 1 rings (SSSR count). The Morgan fingerprint density at radius 2 is 2.38 bits per heavy atom. The Hall–Kier alpha value is -1.49. The van der Waals surface area contributed by atoms with Crippen LogP contribution in [0.1, 0.15) is 6.92 Å². The van der Waals surface area contributed by atoms with E-state index in [0.717, 1.165) is 6.20 Å². The molecule has 0 aliphatic rings. The highest BCUT2D eigenvalue weighted by atomic mass is 19.1. The maximum Gasteiger partial charge on any atom is 0.242 e. The van der Waals surface area contributed by atoms with Crippen LogP contribution in [0, 0.1) is 5.82 Å². The molecule has 0 saturated heterocycles. The minimum Gasteiger partial charge on any atom is -0.320 e. The van der Waals surface area contributed by atoms with Crippen LogP contribution >= 0.6 is 0 Å². The van der Waals surface area contributed by atoms with Crippen LogP contribution < -0.4 is 11.1 Å². The summed E-state index contributed by atoms with van der Waals surface area (Å²) in [5.41, 5.74) is 5.30. The van der Waals surface area contributed by atoms with Crippen molar-refractivity contribution in [2.24, 2.45) is 5.73 Å². The van der Waals surface area contributed by atoms with E-state index >= 15 is 0 Å². The Bertz CT molecular complexity index is 297. The van der Waals surface area contributed by atoms with Crippen LogP contribution in [0.25, 0.3) is 0 Å². The van der Waals surface area contributed by atoms with Gasteiger partial charge in [0.15, 0.2) is 0 Å². The molecule has 1 heterocycles. The summed E-state index contributed by atoms with van der Waals surface area (Å²) in [6, 6.07) is 1.98. The van der Waals surface area contributed by atoms with Gasteiger partial charge in [0.2, 0.25) is 5.91 Å². The standard InChI is InChI=1S/C8H10FN3O/c1-5(10)8(13)12-7-3-2-6(9)4-11-7/h2-5H,10H2,1H3,(H,11,12,13). The largest absolute Gasteiger partial charge is 0.320 e. The molecule has 1 aromatic rings. The van der Waals surface area contributed by atoms with Crippen molar-refractivity contribution < 1.29 is 9.18 Å². The molecule has 0 bridgehead atoms. The van der Waals surface area contributed by atoms with E-state index in [1.54, 1.807) is 6.92 Å². The van der Waals surface area contributed by atoms with Crippen molar-refractivity contribution in [2.75, 3.05) is 5.32 Å². The molecule has 0 radical (unpaired) electrons. The molecule has 1 aromatic heterocycles. The summed E-state index contributed by atoms with van der Waals surface area (Å²) in [7, 11) is 0. The zero-order chi connectivity index (χ0) is 9.84. The lowest BCUT2D eigenvalue weighted by molar-refractivity contribution is -0.117. The van der Waals surface area contributed by atoms with Gasteiger partial charge in [0, 0.05) is 0 Å². The molecule has 1 amide bonds. The van der Waals surface area contributed by atoms with Gasteiger partial charge in [-0.3, -0.25) is 4.79 Å². The maximum absolute atomic E-state index is 12.4. The summed E-state index contributed by atoms with van der Waals surface area (Å²) in [4.78, 5) is 14.7. The molecule has 5 heteroatoms. The number of nitrogens with two attached hydrogens (primary N) is 1. The summed E-state index contributed by atoms with van der Waals surface area (Å²) >= 11 is 0. The SMILES string of the molecule is CC(N)C(=O)Nc1ccc(F)cn1. The van der Waals surface area contributed by atoms with Crippen LogP contribution in [-0.2, 0) is 4.79 Å². The van der Waals surface area contributed by atoms with Crippen molar-refractivity contribution in [1.82, 2.24) is 4.98 Å². The van der Waals surface area contributed by atoms with E-state index in [-0.39, 0.29) is 5.91 Å². The number of carbonyl (C=O) groups excluding carboxylic acids is 1. The molecule has 3 N–H and O–H groups in total. The third-order valence-corrected chi connectivity index (χ3v) is 1.39. The molecule has 4 nitrogen and oxygen atoms in total. The van der Waals surface area contributed by atoms with E-state index in [0.29, 0.717) is 5.82 Å². The van der Waals surface area contributed by atoms with Crippen molar-refractivity contribution in [3.8, 4) is 0 Å². The number of amides is 1. The number of hydrogen-bond donors (Lipinski definition) is 2. The number of halogens is 1. The third-order valence-electron chi connectivity index (χ3n) is 1.39. The highest BCUT2D eigenvalue weighted by molar-refractivity contribution is 5.93. The first-order valence-electron chi connectivity index (χ1n) is 3.77. The van der Waals surface area contributed by atoms with E-state index < -0.39 is 11.9 Å². The summed E-state index contributed by atoms with van der Waals surface area (Å²) in [6.45, 7) is 1.55. The molecule has 0 fully saturated rings. The fourth-order valence-electron chi connectivity index (χ4n) is 0.690. The monoisotopic (exact) mass is 183 g/mol. The first-order valence-corrected chi connectivity index (χ1v) is 3.77. The van der Waals surface area contributed by atoms with Crippen molar-refractivity contribution in [2.45, 2.75) is 13.0 Å². The Kier molecular flexibility index (Phi) is 2.92. The van der Waals surface area contributed by atoms with Gasteiger partial charge in [-0.15, -0.1) is 0 Å². The lowest BCUT2D eigenvalue weighted by Crippen LogP contribution is -2.32. The van der Waals surface area contributed by atoms with Crippen LogP contribution in [0.2, 0.25) is 0 Å². The van der Waals surface area contributed by atoms with E-state index in [9.17, 15) is 9.18 Å². The van der Waals surface area contributed by atoms with Crippen LogP contribution in [0.15, 0.2) is 18.3 Å². The average molecular weight is 183 g/mol. The molecule has 0 aliphatic heterocycles. The topological polar surface area (TPSA) is 68.0 Å². The van der Waals surface area contributed by atoms with Gasteiger partial charge in [-0.2, -0.15) is 0 Å². The molecule has 1 atom stereocenters. The van der Waals surface area contributed by atoms with E-state index in [1.807, 2.05) is 0 Å². The maximum atomic E-state index is 12.4. The Morgan fingerprint density at radius 3 is 2.85 bits per heavy atom. The number of nitrogens with zero attached hydrogens (tertiary/aromatic N) is 1. The van der Waals surface area contributed by atoms with E-state index in [2.05, 4.69) is 10.3 Å². The molecule has 0 aliphatic carbocycles. The van der Waals surface area contributed by atoms with Gasteiger partial charge in [-0.1, -0.05) is 0 Å².